The van der Waals surface area contributed by atoms with Gasteiger partial charge in [0.05, 0.1) is 12.7 Å². The lowest BCUT2D eigenvalue weighted by Crippen LogP contribution is -2.37. The molecule has 2 N–H and O–H groups in total. The molecule has 5 nitrogen and oxygen atoms in total. The molecule has 0 aromatic heterocycles. The normalized spacial score (nSPS) is 11.6. The highest BCUT2D eigenvalue weighted by molar-refractivity contribution is 14.0. The Hall–Kier alpha value is -0.860. The average molecular weight is 477 g/mol. The van der Waals surface area contributed by atoms with E-state index in [4.69, 9.17) is 9.47 Å². The van der Waals surface area contributed by atoms with Gasteiger partial charge in [-0.1, -0.05) is 38.1 Å². The van der Waals surface area contributed by atoms with Crippen LogP contribution in [0.3, 0.4) is 0 Å². The fourth-order valence-electron chi connectivity index (χ4n) is 2.20. The molecule has 1 aromatic rings. The molecule has 0 spiro atoms. The molecule has 0 heterocycles. The van der Waals surface area contributed by atoms with Gasteiger partial charge in [0.15, 0.2) is 5.96 Å². The van der Waals surface area contributed by atoms with Crippen molar-refractivity contribution in [2.75, 3.05) is 26.8 Å². The van der Waals surface area contributed by atoms with Crippen molar-refractivity contribution in [3.05, 3.63) is 35.4 Å². The molecule has 0 fully saturated rings. The summed E-state index contributed by atoms with van der Waals surface area (Å²) in [5, 5.41) is 6.66. The van der Waals surface area contributed by atoms with Crippen molar-refractivity contribution in [3.8, 4) is 0 Å². The quantitative estimate of drug-likeness (QED) is 0.219. The van der Waals surface area contributed by atoms with Gasteiger partial charge in [-0.2, -0.15) is 0 Å². The molecule has 0 bridgehead atoms. The lowest BCUT2D eigenvalue weighted by molar-refractivity contribution is 0.0657. The summed E-state index contributed by atoms with van der Waals surface area (Å²) >= 11 is 0. The third-order valence-corrected chi connectivity index (χ3v) is 3.47. The number of hydrogen-bond donors (Lipinski definition) is 2. The van der Waals surface area contributed by atoms with Gasteiger partial charge >= 0.3 is 0 Å². The SMILES string of the molecule is CN=C(NCCCOCC(C)C)NCc1cccc(COC(C)C)c1.I. The van der Waals surface area contributed by atoms with E-state index in [0.29, 0.717) is 12.5 Å². The van der Waals surface area contributed by atoms with Crippen molar-refractivity contribution in [2.45, 2.75) is 53.4 Å². The zero-order chi connectivity index (χ0) is 18.5. The Balaban J connectivity index is 0.00000625. The van der Waals surface area contributed by atoms with Gasteiger partial charge in [0.25, 0.3) is 0 Å². The second-order valence-electron chi connectivity index (χ2n) is 6.85. The first kappa shape index (κ1) is 25.1. The van der Waals surface area contributed by atoms with E-state index < -0.39 is 0 Å². The minimum absolute atomic E-state index is 0. The van der Waals surface area contributed by atoms with Crippen molar-refractivity contribution in [1.29, 1.82) is 0 Å². The minimum Gasteiger partial charge on any atom is -0.381 e. The summed E-state index contributed by atoms with van der Waals surface area (Å²) in [6, 6.07) is 8.44. The lowest BCUT2D eigenvalue weighted by atomic mass is 10.1. The van der Waals surface area contributed by atoms with E-state index in [9.17, 15) is 0 Å². The molecule has 0 amide bonds. The third kappa shape index (κ3) is 12.5. The average Bonchev–Trinajstić information content (AvgIpc) is 2.58. The number of halogens is 1. The standard InChI is InChI=1S/C20H35N3O2.HI/c1-16(2)14-24-11-7-10-22-20(21-5)23-13-18-8-6-9-19(12-18)15-25-17(3)4;/h6,8-9,12,16-17H,7,10-11,13-15H2,1-5H3,(H2,21,22,23);1H. The molecule has 0 aliphatic heterocycles. The molecule has 0 atom stereocenters. The molecule has 0 radical (unpaired) electrons. The Morgan fingerprint density at radius 1 is 1.12 bits per heavy atom. The summed E-state index contributed by atoms with van der Waals surface area (Å²) in [6.45, 7) is 12.3. The van der Waals surface area contributed by atoms with Crippen LogP contribution in [0.5, 0.6) is 0 Å². The molecule has 0 aliphatic carbocycles. The van der Waals surface area contributed by atoms with E-state index >= 15 is 0 Å². The maximum Gasteiger partial charge on any atom is 0.191 e. The van der Waals surface area contributed by atoms with Crippen LogP contribution in [0.1, 0.15) is 45.2 Å². The van der Waals surface area contributed by atoms with Gasteiger partial charge in [-0.3, -0.25) is 4.99 Å². The van der Waals surface area contributed by atoms with Crippen LogP contribution in [0.15, 0.2) is 29.3 Å². The summed E-state index contributed by atoms with van der Waals surface area (Å²) in [7, 11) is 1.79. The largest absolute Gasteiger partial charge is 0.381 e. The number of benzene rings is 1. The Bertz CT molecular complexity index is 508. The van der Waals surface area contributed by atoms with E-state index in [0.717, 1.165) is 38.7 Å². The van der Waals surface area contributed by atoms with Crippen LogP contribution in [0.25, 0.3) is 0 Å². The van der Waals surface area contributed by atoms with Crippen LogP contribution in [0.4, 0.5) is 0 Å². The van der Waals surface area contributed by atoms with E-state index in [-0.39, 0.29) is 30.1 Å². The van der Waals surface area contributed by atoms with Crippen LogP contribution in [0, 0.1) is 5.92 Å². The van der Waals surface area contributed by atoms with Crippen molar-refractivity contribution in [2.24, 2.45) is 10.9 Å². The zero-order valence-corrected chi connectivity index (χ0v) is 19.2. The Kier molecular flexibility index (Phi) is 14.7. The molecule has 26 heavy (non-hydrogen) atoms. The predicted molar refractivity (Wildman–Crippen MR) is 120 cm³/mol. The summed E-state index contributed by atoms with van der Waals surface area (Å²) in [5.74, 6) is 1.40. The molecule has 0 saturated heterocycles. The van der Waals surface area contributed by atoms with Gasteiger partial charge in [-0.15, -0.1) is 24.0 Å². The number of rotatable bonds is 11. The van der Waals surface area contributed by atoms with Crippen molar-refractivity contribution in [3.63, 3.8) is 0 Å². The minimum atomic E-state index is 0. The number of hydrogen-bond acceptors (Lipinski definition) is 3. The Morgan fingerprint density at radius 3 is 2.50 bits per heavy atom. The summed E-state index contributed by atoms with van der Waals surface area (Å²) in [6.07, 6.45) is 1.21. The van der Waals surface area contributed by atoms with Crippen LogP contribution >= 0.6 is 24.0 Å². The molecule has 0 unspecified atom stereocenters. The predicted octanol–water partition coefficient (Wildman–Crippen LogP) is 3.96. The molecular formula is C20H36IN3O2. The van der Waals surface area contributed by atoms with Crippen LogP contribution in [-0.4, -0.2) is 38.9 Å². The summed E-state index contributed by atoms with van der Waals surface area (Å²) in [4.78, 5) is 4.26. The number of nitrogens with one attached hydrogen (secondary N) is 2. The first-order valence-electron chi connectivity index (χ1n) is 9.23. The highest BCUT2D eigenvalue weighted by atomic mass is 127. The van der Waals surface area contributed by atoms with Crippen LogP contribution in [0.2, 0.25) is 0 Å². The maximum absolute atomic E-state index is 5.66. The highest BCUT2D eigenvalue weighted by Gasteiger charge is 2.01. The topological polar surface area (TPSA) is 54.9 Å². The Morgan fingerprint density at radius 2 is 1.85 bits per heavy atom. The third-order valence-electron chi connectivity index (χ3n) is 3.47. The van der Waals surface area contributed by atoms with Crippen molar-refractivity contribution < 1.29 is 9.47 Å². The van der Waals surface area contributed by atoms with E-state index in [1.807, 2.05) is 0 Å². The van der Waals surface area contributed by atoms with Crippen LogP contribution < -0.4 is 10.6 Å². The van der Waals surface area contributed by atoms with E-state index in [1.54, 1.807) is 7.05 Å². The fraction of sp³-hybridized carbons (Fsp3) is 0.650. The number of ether oxygens (including phenoxy) is 2. The number of guanidine groups is 1. The van der Waals surface area contributed by atoms with Gasteiger partial charge < -0.3 is 20.1 Å². The van der Waals surface area contributed by atoms with Gasteiger partial charge in [0, 0.05) is 33.4 Å². The molecule has 6 heteroatoms. The summed E-state index contributed by atoms with van der Waals surface area (Å²) < 4.78 is 11.2. The first-order valence-corrected chi connectivity index (χ1v) is 9.23. The second kappa shape index (κ2) is 15.2. The zero-order valence-electron chi connectivity index (χ0n) is 16.9. The first-order chi connectivity index (χ1) is 12.0. The molecule has 1 aromatic carbocycles. The van der Waals surface area contributed by atoms with Crippen molar-refractivity contribution in [1.82, 2.24) is 10.6 Å². The highest BCUT2D eigenvalue weighted by Crippen LogP contribution is 2.07. The van der Waals surface area contributed by atoms with E-state index in [1.165, 1.54) is 11.1 Å². The molecule has 0 aliphatic rings. The maximum atomic E-state index is 5.66. The van der Waals surface area contributed by atoms with E-state index in [2.05, 4.69) is 67.6 Å². The smallest absolute Gasteiger partial charge is 0.191 e. The van der Waals surface area contributed by atoms with Gasteiger partial charge in [0.2, 0.25) is 0 Å². The van der Waals surface area contributed by atoms with Gasteiger partial charge in [0.1, 0.15) is 0 Å². The van der Waals surface area contributed by atoms with Crippen LogP contribution in [-0.2, 0) is 22.6 Å². The number of aliphatic imine (C=N–C) groups is 1. The molecule has 0 saturated carbocycles. The Labute approximate surface area is 176 Å². The molecule has 1 rings (SSSR count). The summed E-state index contributed by atoms with van der Waals surface area (Å²) in [5.41, 5.74) is 2.41. The molecular weight excluding hydrogens is 441 g/mol. The fourth-order valence-corrected chi connectivity index (χ4v) is 2.20. The second-order valence-corrected chi connectivity index (χ2v) is 6.85. The van der Waals surface area contributed by atoms with Crippen molar-refractivity contribution >= 4 is 29.9 Å². The molecule has 150 valence electrons. The number of nitrogens with zero attached hydrogens (tertiary/aromatic N) is 1. The lowest BCUT2D eigenvalue weighted by Gasteiger charge is -2.13. The van der Waals surface area contributed by atoms with Gasteiger partial charge in [-0.05, 0) is 37.3 Å². The van der Waals surface area contributed by atoms with Gasteiger partial charge in [-0.25, -0.2) is 0 Å². The monoisotopic (exact) mass is 477 g/mol.